The van der Waals surface area contributed by atoms with E-state index in [-0.39, 0.29) is 37.0 Å². The molecule has 1 atom stereocenters. The number of halogens is 1. The van der Waals surface area contributed by atoms with Gasteiger partial charge in [-0.1, -0.05) is 66.2 Å². The highest BCUT2D eigenvalue weighted by atomic mass is 35.5. The van der Waals surface area contributed by atoms with Crippen molar-refractivity contribution >= 4 is 33.4 Å². The van der Waals surface area contributed by atoms with E-state index in [1.54, 1.807) is 4.90 Å². The Hall–Kier alpha value is -3.20. The number of hydrogen-bond acceptors (Lipinski definition) is 4. The molecule has 0 bridgehead atoms. The lowest BCUT2D eigenvalue weighted by Gasteiger charge is -2.37. The molecule has 0 aliphatic carbocycles. The molecule has 3 aromatic rings. The van der Waals surface area contributed by atoms with Crippen LogP contribution in [0.4, 0.5) is 0 Å². The van der Waals surface area contributed by atoms with Gasteiger partial charge >= 0.3 is 11.8 Å². The first-order valence-corrected chi connectivity index (χ1v) is 13.6. The number of nitrogens with zero attached hydrogens (tertiary/aromatic N) is 3. The van der Waals surface area contributed by atoms with Gasteiger partial charge in [-0.05, 0) is 41.0 Å². The van der Waals surface area contributed by atoms with Crippen LogP contribution in [-0.4, -0.2) is 67.1 Å². The van der Waals surface area contributed by atoms with E-state index >= 15 is 0 Å². The van der Waals surface area contributed by atoms with Crippen LogP contribution in [0.2, 0.25) is 5.02 Å². The molecule has 1 fully saturated rings. The highest BCUT2D eigenvalue weighted by Crippen LogP contribution is 2.33. The molecule has 1 unspecified atom stereocenters. The van der Waals surface area contributed by atoms with Gasteiger partial charge in [-0.25, -0.2) is 8.42 Å². The third-order valence-corrected chi connectivity index (χ3v) is 9.01. The summed E-state index contributed by atoms with van der Waals surface area (Å²) in [6, 6.07) is 24.0. The van der Waals surface area contributed by atoms with Gasteiger partial charge < -0.3 is 9.80 Å². The van der Waals surface area contributed by atoms with Gasteiger partial charge in [-0.15, -0.1) is 0 Å². The molecular formula is C27H26ClN3O4S. The molecule has 0 aromatic heterocycles. The van der Waals surface area contributed by atoms with E-state index in [2.05, 4.69) is 6.07 Å². The van der Waals surface area contributed by atoms with E-state index in [9.17, 15) is 18.0 Å². The van der Waals surface area contributed by atoms with E-state index < -0.39 is 21.8 Å². The highest BCUT2D eigenvalue weighted by Gasteiger charge is 2.36. The molecule has 186 valence electrons. The molecule has 7 nitrogen and oxygen atoms in total. The lowest BCUT2D eigenvalue weighted by Crippen LogP contribution is -2.55. The molecule has 0 radical (unpaired) electrons. The molecular weight excluding hydrogens is 498 g/mol. The molecule has 2 heterocycles. The first-order valence-electron chi connectivity index (χ1n) is 11.8. The Morgan fingerprint density at radius 2 is 1.36 bits per heavy atom. The number of carbonyl (C=O) groups is 2. The van der Waals surface area contributed by atoms with E-state index in [0.717, 1.165) is 11.1 Å². The van der Waals surface area contributed by atoms with Gasteiger partial charge in [0.15, 0.2) is 0 Å². The summed E-state index contributed by atoms with van der Waals surface area (Å²) in [5.41, 5.74) is 3.29. The summed E-state index contributed by atoms with van der Waals surface area (Å²) in [6.45, 7) is 1.35. The van der Waals surface area contributed by atoms with E-state index in [0.29, 0.717) is 18.1 Å². The van der Waals surface area contributed by atoms with Crippen molar-refractivity contribution in [3.63, 3.8) is 0 Å². The maximum Gasteiger partial charge on any atom is 0.312 e. The topological polar surface area (TPSA) is 78.0 Å². The third kappa shape index (κ3) is 4.76. The summed E-state index contributed by atoms with van der Waals surface area (Å²) in [5, 5.41) is 0.456. The summed E-state index contributed by atoms with van der Waals surface area (Å²) in [5.74, 6) is -1.17. The maximum atomic E-state index is 13.3. The largest absolute Gasteiger partial charge is 0.332 e. The molecule has 3 aromatic carbocycles. The number of hydrogen-bond donors (Lipinski definition) is 0. The zero-order valence-electron chi connectivity index (χ0n) is 19.6. The molecule has 0 N–H and O–H groups in total. The van der Waals surface area contributed by atoms with Gasteiger partial charge in [0, 0.05) is 50.2 Å². The van der Waals surface area contributed by atoms with Crippen LogP contribution >= 0.6 is 11.6 Å². The minimum absolute atomic E-state index is 0.0192. The second-order valence-corrected chi connectivity index (χ2v) is 11.4. The van der Waals surface area contributed by atoms with Crippen LogP contribution in [0.3, 0.4) is 0 Å². The molecule has 0 spiro atoms. The minimum atomic E-state index is -3.70. The van der Waals surface area contributed by atoms with E-state index in [1.807, 2.05) is 48.5 Å². The number of sulfonamides is 1. The average molecular weight is 524 g/mol. The quantitative estimate of drug-likeness (QED) is 0.493. The zero-order valence-corrected chi connectivity index (χ0v) is 21.2. The summed E-state index contributed by atoms with van der Waals surface area (Å²) in [7, 11) is -3.70. The lowest BCUT2D eigenvalue weighted by atomic mass is 9.84. The lowest BCUT2D eigenvalue weighted by molar-refractivity contribution is -0.153. The first-order chi connectivity index (χ1) is 17.3. The Bertz CT molecular complexity index is 1370. The maximum absolute atomic E-state index is 13.3. The van der Waals surface area contributed by atoms with Crippen molar-refractivity contribution in [3.05, 3.63) is 101 Å². The molecule has 2 aliphatic rings. The van der Waals surface area contributed by atoms with Crippen molar-refractivity contribution in [1.82, 2.24) is 14.1 Å². The van der Waals surface area contributed by atoms with Gasteiger partial charge in [0.1, 0.15) is 0 Å². The van der Waals surface area contributed by atoms with Crippen molar-refractivity contribution in [2.45, 2.75) is 17.4 Å². The van der Waals surface area contributed by atoms with Crippen LogP contribution in [0.1, 0.15) is 22.6 Å². The SMILES string of the molecule is O=C(C(=O)N1Cc2ccccc2C(c2ccccc2)C1)N1CCN(S(=O)(=O)c2ccc(Cl)cc2)CC1. The molecule has 2 amide bonds. The smallest absolute Gasteiger partial charge is 0.312 e. The number of piperazine rings is 1. The predicted molar refractivity (Wildman–Crippen MR) is 137 cm³/mol. The molecule has 9 heteroatoms. The first kappa shape index (κ1) is 24.5. The summed E-state index contributed by atoms with van der Waals surface area (Å²) in [6.07, 6.45) is 0. The zero-order chi connectivity index (χ0) is 25.3. The van der Waals surface area contributed by atoms with Crippen LogP contribution < -0.4 is 0 Å². The fraction of sp³-hybridized carbons (Fsp3) is 0.259. The second-order valence-electron chi connectivity index (χ2n) is 9.00. The molecule has 0 saturated carbocycles. The van der Waals surface area contributed by atoms with E-state index in [4.69, 9.17) is 11.6 Å². The summed E-state index contributed by atoms with van der Waals surface area (Å²) < 4.78 is 27.2. The fourth-order valence-electron chi connectivity index (χ4n) is 4.89. The Morgan fingerprint density at radius 3 is 2.06 bits per heavy atom. The van der Waals surface area contributed by atoms with Crippen molar-refractivity contribution in [3.8, 4) is 0 Å². The number of rotatable bonds is 3. The fourth-order valence-corrected chi connectivity index (χ4v) is 6.44. The van der Waals surface area contributed by atoms with Crippen molar-refractivity contribution < 1.29 is 18.0 Å². The molecule has 36 heavy (non-hydrogen) atoms. The van der Waals surface area contributed by atoms with Crippen LogP contribution in [-0.2, 0) is 26.2 Å². The number of amides is 2. The highest BCUT2D eigenvalue weighted by molar-refractivity contribution is 7.89. The number of carbonyl (C=O) groups excluding carboxylic acids is 2. The third-order valence-electron chi connectivity index (χ3n) is 6.84. The molecule has 1 saturated heterocycles. The van der Waals surface area contributed by atoms with Gasteiger partial charge in [0.2, 0.25) is 10.0 Å². The van der Waals surface area contributed by atoms with Gasteiger partial charge in [-0.3, -0.25) is 9.59 Å². The van der Waals surface area contributed by atoms with E-state index in [1.165, 1.54) is 39.0 Å². The van der Waals surface area contributed by atoms with Crippen LogP contribution in [0.5, 0.6) is 0 Å². The van der Waals surface area contributed by atoms with Crippen LogP contribution in [0.25, 0.3) is 0 Å². The minimum Gasteiger partial charge on any atom is -0.332 e. The summed E-state index contributed by atoms with van der Waals surface area (Å²) in [4.78, 5) is 29.7. The van der Waals surface area contributed by atoms with Crippen LogP contribution in [0, 0.1) is 0 Å². The van der Waals surface area contributed by atoms with Crippen molar-refractivity contribution in [1.29, 1.82) is 0 Å². The average Bonchev–Trinajstić information content (AvgIpc) is 2.92. The Kier molecular flexibility index (Phi) is 6.83. The van der Waals surface area contributed by atoms with Gasteiger partial charge in [0.05, 0.1) is 4.90 Å². The number of fused-ring (bicyclic) bond motifs is 1. The molecule has 5 rings (SSSR count). The van der Waals surface area contributed by atoms with Crippen LogP contribution in [0.15, 0.2) is 83.8 Å². The summed E-state index contributed by atoms with van der Waals surface area (Å²) >= 11 is 5.88. The van der Waals surface area contributed by atoms with Crippen molar-refractivity contribution in [2.24, 2.45) is 0 Å². The standard InChI is InChI=1S/C27H26ClN3O4S/c28-22-10-12-23(13-11-22)36(34,35)31-16-14-29(15-17-31)26(32)27(33)30-18-21-8-4-5-9-24(21)25(19-30)20-6-2-1-3-7-20/h1-13,25H,14-19H2. The Morgan fingerprint density at radius 1 is 0.750 bits per heavy atom. The Balaban J connectivity index is 1.28. The molecule has 2 aliphatic heterocycles. The van der Waals surface area contributed by atoms with Gasteiger partial charge in [0.25, 0.3) is 0 Å². The normalized spacial score (nSPS) is 18.5. The number of benzene rings is 3. The second kappa shape index (κ2) is 10.0. The predicted octanol–water partition coefficient (Wildman–Crippen LogP) is 3.35. The van der Waals surface area contributed by atoms with Crippen molar-refractivity contribution in [2.75, 3.05) is 32.7 Å². The van der Waals surface area contributed by atoms with Gasteiger partial charge in [-0.2, -0.15) is 4.31 Å². The monoisotopic (exact) mass is 523 g/mol. The Labute approximate surface area is 215 Å².